The van der Waals surface area contributed by atoms with Crippen LogP contribution in [-0.2, 0) is 6.54 Å². The quantitative estimate of drug-likeness (QED) is 0.366. The highest BCUT2D eigenvalue weighted by Gasteiger charge is 2.17. The van der Waals surface area contributed by atoms with Crippen LogP contribution in [0.2, 0.25) is 0 Å². The molecule has 0 amide bonds. The fourth-order valence-corrected chi connectivity index (χ4v) is 4.81. The van der Waals surface area contributed by atoms with Crippen LogP contribution in [0, 0.1) is 20.8 Å². The smallest absolute Gasteiger partial charge is 0.262 e. The average molecular weight is 469 g/mol. The number of thiophene rings is 1. The maximum Gasteiger partial charge on any atom is 0.262 e. The SMILES string of the molecule is Cc1cc(C)cc(OCCn2cnc3sc(C)c(-c4ccc(Br)cc4)c3c2=O)c1. The van der Waals surface area contributed by atoms with Gasteiger partial charge in [-0.05, 0) is 61.7 Å². The second-order valence-corrected chi connectivity index (χ2v) is 9.25. The fourth-order valence-electron chi connectivity index (χ4n) is 3.54. The van der Waals surface area contributed by atoms with Crippen LogP contribution in [0.1, 0.15) is 16.0 Å². The third-order valence-corrected chi connectivity index (χ3v) is 6.33. The number of hydrogen-bond acceptors (Lipinski definition) is 4. The highest BCUT2D eigenvalue weighted by atomic mass is 79.9. The van der Waals surface area contributed by atoms with Crippen molar-refractivity contribution >= 4 is 37.5 Å². The molecule has 0 unspecified atom stereocenters. The first-order chi connectivity index (χ1) is 13.9. The summed E-state index contributed by atoms with van der Waals surface area (Å²) < 4.78 is 8.53. The summed E-state index contributed by atoms with van der Waals surface area (Å²) in [5.74, 6) is 0.825. The molecule has 6 heteroatoms. The lowest BCUT2D eigenvalue weighted by atomic mass is 10.0. The van der Waals surface area contributed by atoms with Gasteiger partial charge in [0.15, 0.2) is 0 Å². The van der Waals surface area contributed by atoms with Crippen molar-refractivity contribution in [1.29, 1.82) is 0 Å². The number of ether oxygens (including phenoxy) is 1. The monoisotopic (exact) mass is 468 g/mol. The van der Waals surface area contributed by atoms with Crippen molar-refractivity contribution < 1.29 is 4.74 Å². The van der Waals surface area contributed by atoms with Crippen LogP contribution in [0.5, 0.6) is 5.75 Å². The number of benzene rings is 2. The van der Waals surface area contributed by atoms with Crippen LogP contribution in [0.3, 0.4) is 0 Å². The molecule has 0 aliphatic carbocycles. The Morgan fingerprint density at radius 3 is 2.45 bits per heavy atom. The van der Waals surface area contributed by atoms with Gasteiger partial charge in [0.2, 0.25) is 0 Å². The Balaban J connectivity index is 1.64. The molecule has 2 aromatic heterocycles. The van der Waals surface area contributed by atoms with Gasteiger partial charge < -0.3 is 4.74 Å². The van der Waals surface area contributed by atoms with Crippen LogP contribution in [0.25, 0.3) is 21.3 Å². The molecule has 148 valence electrons. The number of nitrogens with zero attached hydrogens (tertiary/aromatic N) is 2. The minimum atomic E-state index is -0.0266. The zero-order chi connectivity index (χ0) is 20.5. The van der Waals surface area contributed by atoms with Gasteiger partial charge in [0, 0.05) is 14.9 Å². The molecule has 0 N–H and O–H groups in total. The van der Waals surface area contributed by atoms with Crippen molar-refractivity contribution in [2.24, 2.45) is 0 Å². The molecule has 4 aromatic rings. The lowest BCUT2D eigenvalue weighted by molar-refractivity contribution is 0.295. The van der Waals surface area contributed by atoms with Gasteiger partial charge in [-0.2, -0.15) is 0 Å². The second kappa shape index (κ2) is 8.13. The van der Waals surface area contributed by atoms with E-state index in [-0.39, 0.29) is 5.56 Å². The summed E-state index contributed by atoms with van der Waals surface area (Å²) in [5.41, 5.74) is 4.29. The van der Waals surface area contributed by atoms with Crippen LogP contribution in [0.4, 0.5) is 0 Å². The van der Waals surface area contributed by atoms with Gasteiger partial charge >= 0.3 is 0 Å². The summed E-state index contributed by atoms with van der Waals surface area (Å²) in [6, 6.07) is 14.2. The molecule has 0 radical (unpaired) electrons. The fraction of sp³-hybridized carbons (Fsp3) is 0.217. The number of hydrogen-bond donors (Lipinski definition) is 0. The van der Waals surface area contributed by atoms with Gasteiger partial charge in [0.1, 0.15) is 17.2 Å². The van der Waals surface area contributed by atoms with Crippen LogP contribution in [-0.4, -0.2) is 16.2 Å². The Kier molecular flexibility index (Phi) is 5.56. The van der Waals surface area contributed by atoms with E-state index in [1.54, 1.807) is 22.2 Å². The molecule has 0 saturated carbocycles. The number of fused-ring (bicyclic) bond motifs is 1. The molecule has 2 aromatic carbocycles. The van der Waals surface area contributed by atoms with E-state index < -0.39 is 0 Å². The van der Waals surface area contributed by atoms with Gasteiger partial charge in [-0.15, -0.1) is 11.3 Å². The van der Waals surface area contributed by atoms with Crippen LogP contribution in [0.15, 0.2) is 58.1 Å². The molecule has 4 rings (SSSR count). The number of aromatic nitrogens is 2. The lowest BCUT2D eigenvalue weighted by Crippen LogP contribution is -2.23. The van der Waals surface area contributed by atoms with Gasteiger partial charge in [0.05, 0.1) is 18.3 Å². The Morgan fingerprint density at radius 2 is 1.76 bits per heavy atom. The van der Waals surface area contributed by atoms with Gasteiger partial charge in [-0.3, -0.25) is 9.36 Å². The zero-order valence-electron chi connectivity index (χ0n) is 16.5. The minimum absolute atomic E-state index is 0.0266. The van der Waals surface area contributed by atoms with E-state index in [2.05, 4.69) is 27.0 Å². The molecule has 0 bridgehead atoms. The predicted octanol–water partition coefficient (Wildman–Crippen LogP) is 5.89. The molecular weight excluding hydrogens is 448 g/mol. The normalized spacial score (nSPS) is 11.2. The van der Waals surface area contributed by atoms with Crippen molar-refractivity contribution in [1.82, 2.24) is 9.55 Å². The lowest BCUT2D eigenvalue weighted by Gasteiger charge is -2.10. The Labute approximate surface area is 181 Å². The molecule has 4 nitrogen and oxygen atoms in total. The van der Waals surface area contributed by atoms with Crippen molar-refractivity contribution in [2.75, 3.05) is 6.61 Å². The molecule has 2 heterocycles. The average Bonchev–Trinajstić information content (AvgIpc) is 3.00. The van der Waals surface area contributed by atoms with E-state index in [9.17, 15) is 4.79 Å². The molecule has 0 atom stereocenters. The summed E-state index contributed by atoms with van der Waals surface area (Å²) in [7, 11) is 0. The summed E-state index contributed by atoms with van der Waals surface area (Å²) in [6.45, 7) is 6.99. The van der Waals surface area contributed by atoms with Crippen LogP contribution < -0.4 is 10.3 Å². The first-order valence-corrected chi connectivity index (χ1v) is 11.0. The number of aryl methyl sites for hydroxylation is 3. The molecule has 0 aliphatic rings. The van der Waals surface area contributed by atoms with E-state index in [0.29, 0.717) is 18.5 Å². The molecular formula is C23H21BrN2O2S. The minimum Gasteiger partial charge on any atom is -0.492 e. The van der Waals surface area contributed by atoms with E-state index in [4.69, 9.17) is 4.74 Å². The van der Waals surface area contributed by atoms with E-state index in [1.807, 2.05) is 57.2 Å². The molecule has 0 fully saturated rings. The van der Waals surface area contributed by atoms with Crippen molar-refractivity contribution in [3.8, 4) is 16.9 Å². The first kappa shape index (κ1) is 19.9. The number of halogens is 1. The van der Waals surface area contributed by atoms with Crippen LogP contribution >= 0.6 is 27.3 Å². The standard InChI is InChI=1S/C23H21BrN2O2S/c1-14-10-15(2)12-19(11-14)28-9-8-26-13-25-22-21(23(26)27)20(16(3)29-22)17-4-6-18(24)7-5-17/h4-7,10-13H,8-9H2,1-3H3. The highest BCUT2D eigenvalue weighted by molar-refractivity contribution is 9.10. The van der Waals surface area contributed by atoms with Gasteiger partial charge in [-0.25, -0.2) is 4.98 Å². The third-order valence-electron chi connectivity index (χ3n) is 4.78. The maximum atomic E-state index is 13.2. The third kappa shape index (κ3) is 4.14. The predicted molar refractivity (Wildman–Crippen MR) is 123 cm³/mol. The summed E-state index contributed by atoms with van der Waals surface area (Å²) in [6.07, 6.45) is 1.62. The van der Waals surface area contributed by atoms with Gasteiger partial charge in [-0.1, -0.05) is 34.1 Å². The van der Waals surface area contributed by atoms with E-state index >= 15 is 0 Å². The molecule has 0 spiro atoms. The zero-order valence-corrected chi connectivity index (χ0v) is 18.9. The first-order valence-electron chi connectivity index (χ1n) is 9.38. The molecule has 0 aliphatic heterocycles. The topological polar surface area (TPSA) is 44.1 Å². The van der Waals surface area contributed by atoms with Crippen molar-refractivity contribution in [3.63, 3.8) is 0 Å². The highest BCUT2D eigenvalue weighted by Crippen LogP contribution is 2.35. The molecule has 0 saturated heterocycles. The summed E-state index contributed by atoms with van der Waals surface area (Å²) >= 11 is 5.03. The summed E-state index contributed by atoms with van der Waals surface area (Å²) in [4.78, 5) is 19.6. The Hall–Kier alpha value is -2.44. The largest absolute Gasteiger partial charge is 0.492 e. The van der Waals surface area contributed by atoms with Crippen molar-refractivity contribution in [2.45, 2.75) is 27.3 Å². The van der Waals surface area contributed by atoms with Gasteiger partial charge in [0.25, 0.3) is 5.56 Å². The Morgan fingerprint density at radius 1 is 1.07 bits per heavy atom. The summed E-state index contributed by atoms with van der Waals surface area (Å²) in [5, 5.41) is 0.684. The molecule has 29 heavy (non-hydrogen) atoms. The second-order valence-electron chi connectivity index (χ2n) is 7.14. The number of rotatable bonds is 5. The Bertz CT molecular complexity index is 1220. The van der Waals surface area contributed by atoms with Crippen molar-refractivity contribution in [3.05, 3.63) is 79.6 Å². The maximum absolute atomic E-state index is 13.2. The van der Waals surface area contributed by atoms with E-state index in [1.165, 1.54) is 0 Å². The van der Waals surface area contributed by atoms with E-state index in [0.717, 1.165) is 42.2 Å².